The van der Waals surface area contributed by atoms with E-state index < -0.39 is 0 Å². The van der Waals surface area contributed by atoms with Gasteiger partial charge in [-0.25, -0.2) is 0 Å². The Kier molecular flexibility index (Phi) is 7.28. The first-order chi connectivity index (χ1) is 8.31. The molecule has 1 aromatic carbocycles. The Balaban J connectivity index is 2.44. The zero-order valence-electron chi connectivity index (χ0n) is 10.6. The van der Waals surface area contributed by atoms with Gasteiger partial charge in [0.15, 0.2) is 6.29 Å². The van der Waals surface area contributed by atoms with E-state index in [1.807, 2.05) is 19.1 Å². The average Bonchev–Trinajstić information content (AvgIpc) is 2.38. The van der Waals surface area contributed by atoms with Crippen molar-refractivity contribution < 1.29 is 14.2 Å². The van der Waals surface area contributed by atoms with Crippen LogP contribution >= 0.6 is 11.8 Å². The van der Waals surface area contributed by atoms with Gasteiger partial charge >= 0.3 is 0 Å². The normalized spacial score (nSPS) is 11.1. The van der Waals surface area contributed by atoms with Gasteiger partial charge in [0.2, 0.25) is 0 Å². The molecule has 0 saturated heterocycles. The number of ether oxygens (including phenoxy) is 3. The SMILES string of the molecule is CCOCCSc1ccc(C(OC)OC)cc1. The van der Waals surface area contributed by atoms with Gasteiger partial charge in [0, 0.05) is 37.0 Å². The molecule has 17 heavy (non-hydrogen) atoms. The van der Waals surface area contributed by atoms with Crippen LogP contribution in [-0.4, -0.2) is 33.2 Å². The largest absolute Gasteiger partial charge is 0.381 e. The fourth-order valence-corrected chi connectivity index (χ4v) is 2.22. The van der Waals surface area contributed by atoms with Gasteiger partial charge in [-0.3, -0.25) is 0 Å². The number of hydrogen-bond donors (Lipinski definition) is 0. The molecule has 4 heteroatoms. The highest BCUT2D eigenvalue weighted by atomic mass is 32.2. The van der Waals surface area contributed by atoms with E-state index in [1.54, 1.807) is 26.0 Å². The summed E-state index contributed by atoms with van der Waals surface area (Å²) in [6.07, 6.45) is -0.280. The van der Waals surface area contributed by atoms with Crippen LogP contribution in [0.4, 0.5) is 0 Å². The molecular formula is C13H20O3S. The van der Waals surface area contributed by atoms with Crippen molar-refractivity contribution in [3.05, 3.63) is 29.8 Å². The molecule has 0 radical (unpaired) electrons. The lowest BCUT2D eigenvalue weighted by atomic mass is 10.2. The second-order valence-electron chi connectivity index (χ2n) is 3.42. The topological polar surface area (TPSA) is 27.7 Å². The highest BCUT2D eigenvalue weighted by Gasteiger charge is 2.07. The van der Waals surface area contributed by atoms with E-state index in [0.29, 0.717) is 0 Å². The molecule has 0 atom stereocenters. The van der Waals surface area contributed by atoms with Gasteiger partial charge in [0.05, 0.1) is 6.61 Å². The van der Waals surface area contributed by atoms with Crippen LogP contribution in [0, 0.1) is 0 Å². The Morgan fingerprint density at radius 1 is 1.12 bits per heavy atom. The summed E-state index contributed by atoms with van der Waals surface area (Å²) in [5.41, 5.74) is 1.03. The maximum Gasteiger partial charge on any atom is 0.183 e. The molecule has 0 aliphatic rings. The molecule has 96 valence electrons. The Hall–Kier alpha value is -0.550. The minimum atomic E-state index is -0.280. The Bertz CT molecular complexity index is 296. The first-order valence-electron chi connectivity index (χ1n) is 5.68. The zero-order valence-corrected chi connectivity index (χ0v) is 11.5. The van der Waals surface area contributed by atoms with Crippen molar-refractivity contribution in [3.63, 3.8) is 0 Å². The zero-order chi connectivity index (χ0) is 12.5. The van der Waals surface area contributed by atoms with E-state index in [9.17, 15) is 0 Å². The summed E-state index contributed by atoms with van der Waals surface area (Å²) in [6.45, 7) is 3.58. The predicted molar refractivity (Wildman–Crippen MR) is 70.4 cm³/mol. The van der Waals surface area contributed by atoms with Crippen LogP contribution < -0.4 is 0 Å². The molecule has 1 aromatic rings. The van der Waals surface area contributed by atoms with Gasteiger partial charge in [-0.2, -0.15) is 0 Å². The number of rotatable bonds is 8. The lowest BCUT2D eigenvalue weighted by molar-refractivity contribution is -0.106. The van der Waals surface area contributed by atoms with E-state index in [1.165, 1.54) is 4.90 Å². The first kappa shape index (κ1) is 14.5. The van der Waals surface area contributed by atoms with Crippen molar-refractivity contribution in [2.45, 2.75) is 18.1 Å². The van der Waals surface area contributed by atoms with E-state index in [2.05, 4.69) is 12.1 Å². The third kappa shape index (κ3) is 5.08. The first-order valence-corrected chi connectivity index (χ1v) is 6.66. The van der Waals surface area contributed by atoms with Crippen molar-refractivity contribution in [1.82, 2.24) is 0 Å². The Morgan fingerprint density at radius 3 is 2.29 bits per heavy atom. The molecule has 0 aliphatic heterocycles. The number of hydrogen-bond acceptors (Lipinski definition) is 4. The summed E-state index contributed by atoms with van der Waals surface area (Å²) in [5, 5.41) is 0. The third-order valence-corrected chi connectivity index (χ3v) is 3.26. The van der Waals surface area contributed by atoms with Gasteiger partial charge in [-0.1, -0.05) is 12.1 Å². The standard InChI is InChI=1S/C13H20O3S/c1-4-16-9-10-17-12-7-5-11(6-8-12)13(14-2)15-3/h5-8,13H,4,9-10H2,1-3H3. The number of benzene rings is 1. The smallest absolute Gasteiger partial charge is 0.183 e. The minimum Gasteiger partial charge on any atom is -0.381 e. The molecule has 0 bridgehead atoms. The van der Waals surface area contributed by atoms with Gasteiger partial charge in [-0.05, 0) is 19.1 Å². The van der Waals surface area contributed by atoms with Crippen molar-refractivity contribution >= 4 is 11.8 Å². The fourth-order valence-electron chi connectivity index (χ4n) is 1.45. The lowest BCUT2D eigenvalue weighted by Gasteiger charge is -2.13. The summed E-state index contributed by atoms with van der Waals surface area (Å²) >= 11 is 1.79. The summed E-state index contributed by atoms with van der Waals surface area (Å²) in [4.78, 5) is 1.24. The van der Waals surface area contributed by atoms with Crippen LogP contribution in [0.25, 0.3) is 0 Å². The van der Waals surface area contributed by atoms with E-state index in [4.69, 9.17) is 14.2 Å². The highest BCUT2D eigenvalue weighted by Crippen LogP contribution is 2.22. The molecule has 0 fully saturated rings. The third-order valence-electron chi connectivity index (χ3n) is 2.28. The van der Waals surface area contributed by atoms with E-state index >= 15 is 0 Å². The summed E-state index contributed by atoms with van der Waals surface area (Å²) in [6, 6.07) is 8.22. The second kappa shape index (κ2) is 8.53. The number of methoxy groups -OCH3 is 2. The summed E-state index contributed by atoms with van der Waals surface area (Å²) in [7, 11) is 3.28. The number of thioether (sulfide) groups is 1. The van der Waals surface area contributed by atoms with Crippen LogP contribution in [0.1, 0.15) is 18.8 Å². The molecule has 3 nitrogen and oxygen atoms in total. The molecule has 0 heterocycles. The van der Waals surface area contributed by atoms with Gasteiger partial charge < -0.3 is 14.2 Å². The highest BCUT2D eigenvalue weighted by molar-refractivity contribution is 7.99. The summed E-state index contributed by atoms with van der Waals surface area (Å²) < 4.78 is 15.7. The molecular weight excluding hydrogens is 236 g/mol. The van der Waals surface area contributed by atoms with Crippen LogP contribution in [0.5, 0.6) is 0 Å². The average molecular weight is 256 g/mol. The molecule has 0 spiro atoms. The molecule has 0 saturated carbocycles. The monoisotopic (exact) mass is 256 g/mol. The fraction of sp³-hybridized carbons (Fsp3) is 0.538. The van der Waals surface area contributed by atoms with Crippen molar-refractivity contribution in [3.8, 4) is 0 Å². The van der Waals surface area contributed by atoms with Gasteiger partial charge in [-0.15, -0.1) is 11.8 Å². The van der Waals surface area contributed by atoms with Crippen LogP contribution in [0.2, 0.25) is 0 Å². The quantitative estimate of drug-likeness (QED) is 0.406. The van der Waals surface area contributed by atoms with Crippen molar-refractivity contribution in [2.24, 2.45) is 0 Å². The van der Waals surface area contributed by atoms with Gasteiger partial charge in [0.1, 0.15) is 0 Å². The molecule has 0 aromatic heterocycles. The van der Waals surface area contributed by atoms with E-state index in [0.717, 1.165) is 24.5 Å². The van der Waals surface area contributed by atoms with Gasteiger partial charge in [0.25, 0.3) is 0 Å². The Morgan fingerprint density at radius 2 is 1.76 bits per heavy atom. The lowest BCUT2D eigenvalue weighted by Crippen LogP contribution is -2.03. The molecule has 0 unspecified atom stereocenters. The molecule has 0 aliphatic carbocycles. The second-order valence-corrected chi connectivity index (χ2v) is 4.59. The minimum absolute atomic E-state index is 0.280. The van der Waals surface area contributed by atoms with Crippen LogP contribution in [0.3, 0.4) is 0 Å². The van der Waals surface area contributed by atoms with E-state index in [-0.39, 0.29) is 6.29 Å². The van der Waals surface area contributed by atoms with Crippen molar-refractivity contribution in [2.75, 3.05) is 33.2 Å². The Labute approximate surface area is 107 Å². The van der Waals surface area contributed by atoms with Crippen LogP contribution in [-0.2, 0) is 14.2 Å². The maximum atomic E-state index is 5.29. The summed E-state index contributed by atoms with van der Waals surface area (Å²) in [5.74, 6) is 0.977. The molecule has 0 amide bonds. The van der Waals surface area contributed by atoms with Crippen molar-refractivity contribution in [1.29, 1.82) is 0 Å². The molecule has 0 N–H and O–H groups in total. The predicted octanol–water partition coefficient (Wildman–Crippen LogP) is 3.11. The molecule has 1 rings (SSSR count). The van der Waals surface area contributed by atoms with Crippen LogP contribution in [0.15, 0.2) is 29.2 Å². The maximum absolute atomic E-state index is 5.29.